The van der Waals surface area contributed by atoms with Crippen molar-refractivity contribution in [1.82, 2.24) is 15.1 Å². The lowest BCUT2D eigenvalue weighted by atomic mass is 9.98. The van der Waals surface area contributed by atoms with Gasteiger partial charge in [-0.25, -0.2) is 4.79 Å². The van der Waals surface area contributed by atoms with Gasteiger partial charge in [-0.15, -0.1) is 11.8 Å². The number of β-lactam (4-membered cyclic amide) rings is 1. The Bertz CT molecular complexity index is 892. The van der Waals surface area contributed by atoms with E-state index in [2.05, 4.69) is 5.32 Å². The highest BCUT2D eigenvalue weighted by molar-refractivity contribution is 8.00. The van der Waals surface area contributed by atoms with Crippen molar-refractivity contribution in [2.75, 3.05) is 5.75 Å². The van der Waals surface area contributed by atoms with Crippen molar-refractivity contribution in [1.29, 1.82) is 0 Å². The number of amides is 2. The maximum absolute atomic E-state index is 13.3. The molecule has 3 aliphatic heterocycles. The average Bonchev–Trinajstić information content (AvgIpc) is 2.94. The fourth-order valence-electron chi connectivity index (χ4n) is 4.08. The van der Waals surface area contributed by atoms with Gasteiger partial charge in [0, 0.05) is 5.75 Å². The number of rotatable bonds is 4. The van der Waals surface area contributed by atoms with Gasteiger partial charge in [-0.2, -0.15) is 0 Å². The molecule has 4 atom stereocenters. The maximum atomic E-state index is 13.3. The highest BCUT2D eigenvalue weighted by atomic mass is 35.5. The molecule has 2 saturated heterocycles. The maximum Gasteiger partial charge on any atom is 0.353 e. The van der Waals surface area contributed by atoms with E-state index in [9.17, 15) is 19.5 Å². The first-order chi connectivity index (χ1) is 13.3. The molecule has 9 heteroatoms. The van der Waals surface area contributed by atoms with Gasteiger partial charge in [0.25, 0.3) is 5.91 Å². The number of carbonyl (C=O) groups is 3. The van der Waals surface area contributed by atoms with Crippen molar-refractivity contribution in [3.63, 3.8) is 0 Å². The first kappa shape index (κ1) is 19.3. The first-order valence-electron chi connectivity index (χ1n) is 9.02. The number of aliphatic carboxylic acids is 1. The zero-order chi connectivity index (χ0) is 20.2. The van der Waals surface area contributed by atoms with Crippen LogP contribution in [0.25, 0.3) is 0 Å². The lowest BCUT2D eigenvalue weighted by Crippen LogP contribution is -2.74. The second-order valence-electron chi connectivity index (χ2n) is 7.24. The third kappa shape index (κ3) is 2.66. The van der Waals surface area contributed by atoms with Crippen LogP contribution in [0.15, 0.2) is 41.1 Å². The Kier molecular flexibility index (Phi) is 4.68. The minimum Gasteiger partial charge on any atom is -0.477 e. The van der Waals surface area contributed by atoms with E-state index in [4.69, 9.17) is 11.6 Å². The molecule has 28 heavy (non-hydrogen) atoms. The van der Waals surface area contributed by atoms with Gasteiger partial charge in [-0.1, -0.05) is 48.9 Å². The predicted octanol–water partition coefficient (Wildman–Crippen LogP) is 2.10. The van der Waals surface area contributed by atoms with E-state index in [-0.39, 0.29) is 16.6 Å². The molecule has 3 aliphatic rings. The lowest BCUT2D eigenvalue weighted by Gasteiger charge is -2.54. The number of benzene rings is 1. The third-order valence-electron chi connectivity index (χ3n) is 5.67. The predicted molar refractivity (Wildman–Crippen MR) is 105 cm³/mol. The number of nitrogens with one attached hydrogen (secondary N) is 1. The number of carbonyl (C=O) groups excluding carboxylic acids is 2. The number of hydrogen-bond acceptors (Lipinski definition) is 5. The van der Waals surface area contributed by atoms with Crippen LogP contribution < -0.4 is 5.32 Å². The molecule has 0 aliphatic carbocycles. The molecule has 0 radical (unpaired) electrons. The highest BCUT2D eigenvalue weighted by Crippen LogP contribution is 2.47. The molecule has 2 N–H and O–H groups in total. The van der Waals surface area contributed by atoms with Crippen molar-refractivity contribution in [3.05, 3.63) is 46.6 Å². The van der Waals surface area contributed by atoms with Crippen molar-refractivity contribution < 1.29 is 19.5 Å². The molecular formula is C19H20ClN3O4S. The largest absolute Gasteiger partial charge is 0.477 e. The second-order valence-corrected chi connectivity index (χ2v) is 8.80. The smallest absolute Gasteiger partial charge is 0.353 e. The van der Waals surface area contributed by atoms with E-state index >= 15 is 0 Å². The summed E-state index contributed by atoms with van der Waals surface area (Å²) in [4.78, 5) is 40.7. The number of nitrogens with zero attached hydrogens (tertiary/aromatic N) is 2. The summed E-state index contributed by atoms with van der Waals surface area (Å²) in [6.45, 7) is 3.85. The summed E-state index contributed by atoms with van der Waals surface area (Å²) in [5, 5.41) is 12.5. The average molecular weight is 422 g/mol. The van der Waals surface area contributed by atoms with Crippen molar-refractivity contribution in [2.45, 2.75) is 43.4 Å². The van der Waals surface area contributed by atoms with Crippen LogP contribution in [0, 0.1) is 0 Å². The number of carboxylic acid groups (broad SMARTS) is 1. The van der Waals surface area contributed by atoms with Gasteiger partial charge in [0.05, 0.1) is 10.7 Å². The van der Waals surface area contributed by atoms with E-state index < -0.39 is 35.0 Å². The van der Waals surface area contributed by atoms with Crippen LogP contribution >= 0.6 is 23.4 Å². The number of thioether (sulfide) groups is 1. The Morgan fingerprint density at radius 1 is 1.32 bits per heavy atom. The number of fused-ring (bicyclic) bond motifs is 1. The molecule has 1 aromatic carbocycles. The van der Waals surface area contributed by atoms with Gasteiger partial charge in [0.2, 0.25) is 5.91 Å². The summed E-state index contributed by atoms with van der Waals surface area (Å²) in [6, 6.07) is 8.12. The van der Waals surface area contributed by atoms with Crippen LogP contribution in [0.4, 0.5) is 0 Å². The summed E-state index contributed by atoms with van der Waals surface area (Å²) >= 11 is 7.43. The van der Waals surface area contributed by atoms with Gasteiger partial charge in [0.15, 0.2) is 0 Å². The molecule has 0 aromatic heterocycles. The van der Waals surface area contributed by atoms with Gasteiger partial charge in [0.1, 0.15) is 23.2 Å². The quantitative estimate of drug-likeness (QED) is 0.724. The van der Waals surface area contributed by atoms with Crippen molar-refractivity contribution >= 4 is 41.1 Å². The Hall–Kier alpha value is -2.03. The SMILES string of the molecule is CCC1(C)NC(c2ccccc2)C(=O)N1[C@@H]1C(=O)N2C(C(=O)O)=C(Cl)CS[C@@H]12. The van der Waals surface area contributed by atoms with E-state index in [0.717, 1.165) is 5.56 Å². The monoisotopic (exact) mass is 421 g/mol. The van der Waals surface area contributed by atoms with Crippen LogP contribution in [-0.2, 0) is 14.4 Å². The molecule has 0 spiro atoms. The van der Waals surface area contributed by atoms with Gasteiger partial charge in [-0.05, 0) is 18.9 Å². The molecule has 4 rings (SSSR count). The van der Waals surface area contributed by atoms with E-state index in [0.29, 0.717) is 12.2 Å². The van der Waals surface area contributed by atoms with Crippen molar-refractivity contribution in [2.24, 2.45) is 0 Å². The van der Waals surface area contributed by atoms with Crippen LogP contribution in [0.5, 0.6) is 0 Å². The minimum atomic E-state index is -1.23. The Morgan fingerprint density at radius 2 is 2.00 bits per heavy atom. The zero-order valence-electron chi connectivity index (χ0n) is 15.4. The van der Waals surface area contributed by atoms with E-state index in [1.54, 1.807) is 4.90 Å². The highest BCUT2D eigenvalue weighted by Gasteiger charge is 2.62. The molecule has 2 unspecified atom stereocenters. The van der Waals surface area contributed by atoms with E-state index in [1.807, 2.05) is 44.2 Å². The minimum absolute atomic E-state index is 0.145. The third-order valence-corrected chi connectivity index (χ3v) is 7.40. The van der Waals surface area contributed by atoms with Crippen LogP contribution in [0.3, 0.4) is 0 Å². The standard InChI is InChI=1S/C19H20ClN3O4S/c1-3-19(2)21-12(10-7-5-4-6-8-10)15(24)23(19)14-16(25)22-13(18(26)27)11(20)9-28-17(14)22/h4-8,12,14,17,21H,3,9H2,1-2H3,(H,26,27)/t12?,14-,17+,19?/m1/s1. The lowest BCUT2D eigenvalue weighted by molar-refractivity contribution is -0.163. The Morgan fingerprint density at radius 3 is 2.61 bits per heavy atom. The van der Waals surface area contributed by atoms with Crippen molar-refractivity contribution in [3.8, 4) is 0 Å². The molecule has 2 amide bonds. The van der Waals surface area contributed by atoms with Crippen LogP contribution in [-0.4, -0.2) is 55.5 Å². The number of halogens is 1. The topological polar surface area (TPSA) is 90.0 Å². The summed E-state index contributed by atoms with van der Waals surface area (Å²) in [6.07, 6.45) is 0.603. The summed E-state index contributed by atoms with van der Waals surface area (Å²) < 4.78 is 0. The van der Waals surface area contributed by atoms with Crippen LogP contribution in [0.2, 0.25) is 0 Å². The first-order valence-corrected chi connectivity index (χ1v) is 10.4. The van der Waals surface area contributed by atoms with Gasteiger partial charge >= 0.3 is 5.97 Å². The molecule has 148 valence electrons. The molecule has 7 nitrogen and oxygen atoms in total. The molecule has 1 aromatic rings. The second kappa shape index (κ2) is 6.79. The Balaban J connectivity index is 1.68. The summed E-state index contributed by atoms with van der Waals surface area (Å²) in [5.41, 5.74) is -0.0494. The Labute approximate surface area is 171 Å². The van der Waals surface area contributed by atoms with Crippen LogP contribution in [0.1, 0.15) is 31.9 Å². The molecular weight excluding hydrogens is 402 g/mol. The fourth-order valence-corrected chi connectivity index (χ4v) is 5.67. The summed E-state index contributed by atoms with van der Waals surface area (Å²) in [5.74, 6) is -1.51. The normalized spacial score (nSPS) is 32.5. The van der Waals surface area contributed by atoms with Gasteiger partial charge in [-0.3, -0.25) is 19.8 Å². The molecule has 3 heterocycles. The molecule has 0 bridgehead atoms. The van der Waals surface area contributed by atoms with E-state index in [1.165, 1.54) is 16.7 Å². The molecule has 2 fully saturated rings. The number of carboxylic acids is 1. The van der Waals surface area contributed by atoms with Gasteiger partial charge < -0.3 is 10.0 Å². The zero-order valence-corrected chi connectivity index (χ0v) is 17.0. The molecule has 0 saturated carbocycles. The summed E-state index contributed by atoms with van der Waals surface area (Å²) in [7, 11) is 0. The number of hydrogen-bond donors (Lipinski definition) is 2. The fraction of sp³-hybridized carbons (Fsp3) is 0.421.